The molecule has 0 atom stereocenters. The van der Waals surface area contributed by atoms with Gasteiger partial charge in [-0.25, -0.2) is 4.79 Å². The van der Waals surface area contributed by atoms with Crippen LogP contribution in [-0.2, 0) is 17.7 Å². The SMILES string of the molecule is CCOC(=O)N1CCc2c(sc(NC(=O)c3ccc4occc4c3)c2C#N)C1. The maximum absolute atomic E-state index is 12.7. The van der Waals surface area contributed by atoms with Crippen LogP contribution in [0.3, 0.4) is 0 Å². The zero-order valence-electron chi connectivity index (χ0n) is 15.2. The maximum Gasteiger partial charge on any atom is 0.410 e. The lowest BCUT2D eigenvalue weighted by Crippen LogP contribution is -2.35. The van der Waals surface area contributed by atoms with Gasteiger partial charge in [-0.3, -0.25) is 4.79 Å². The van der Waals surface area contributed by atoms with Gasteiger partial charge in [0.2, 0.25) is 0 Å². The summed E-state index contributed by atoms with van der Waals surface area (Å²) in [5, 5.41) is 13.8. The summed E-state index contributed by atoms with van der Waals surface area (Å²) < 4.78 is 10.4. The van der Waals surface area contributed by atoms with Crippen molar-refractivity contribution >= 4 is 39.3 Å². The van der Waals surface area contributed by atoms with Gasteiger partial charge in [0.05, 0.1) is 25.0 Å². The molecule has 3 aromatic rings. The summed E-state index contributed by atoms with van der Waals surface area (Å²) in [5.74, 6) is -0.291. The van der Waals surface area contributed by atoms with Crippen molar-refractivity contribution in [2.75, 3.05) is 18.5 Å². The van der Waals surface area contributed by atoms with Crippen LogP contribution >= 0.6 is 11.3 Å². The Labute approximate surface area is 165 Å². The summed E-state index contributed by atoms with van der Waals surface area (Å²) in [5.41, 5.74) is 2.56. The van der Waals surface area contributed by atoms with Crippen molar-refractivity contribution in [3.8, 4) is 6.07 Å². The number of rotatable bonds is 3. The minimum Gasteiger partial charge on any atom is -0.464 e. The summed E-state index contributed by atoms with van der Waals surface area (Å²) >= 11 is 1.33. The Morgan fingerprint density at radius 1 is 1.39 bits per heavy atom. The summed E-state index contributed by atoms with van der Waals surface area (Å²) in [6, 6.07) is 9.17. The number of anilines is 1. The lowest BCUT2D eigenvalue weighted by atomic mass is 10.0. The zero-order valence-corrected chi connectivity index (χ0v) is 16.0. The highest BCUT2D eigenvalue weighted by Crippen LogP contribution is 2.37. The minimum atomic E-state index is -0.362. The highest BCUT2D eigenvalue weighted by molar-refractivity contribution is 7.16. The first-order chi connectivity index (χ1) is 13.6. The molecule has 0 fully saturated rings. The molecule has 8 heteroatoms. The van der Waals surface area contributed by atoms with Crippen LogP contribution in [0.5, 0.6) is 0 Å². The van der Waals surface area contributed by atoms with Crippen LogP contribution in [0.25, 0.3) is 11.0 Å². The first-order valence-electron chi connectivity index (χ1n) is 8.85. The van der Waals surface area contributed by atoms with E-state index in [4.69, 9.17) is 9.15 Å². The van der Waals surface area contributed by atoms with E-state index in [0.29, 0.717) is 47.8 Å². The number of carbonyl (C=O) groups is 2. The number of hydrogen-bond acceptors (Lipinski definition) is 6. The highest BCUT2D eigenvalue weighted by atomic mass is 32.1. The van der Waals surface area contributed by atoms with Crippen LogP contribution in [-0.4, -0.2) is 30.1 Å². The Bertz CT molecular complexity index is 1110. The molecule has 7 nitrogen and oxygen atoms in total. The highest BCUT2D eigenvalue weighted by Gasteiger charge is 2.28. The Morgan fingerprint density at radius 2 is 2.25 bits per heavy atom. The van der Waals surface area contributed by atoms with Crippen LogP contribution in [0.1, 0.15) is 33.3 Å². The van der Waals surface area contributed by atoms with E-state index in [9.17, 15) is 14.9 Å². The first-order valence-corrected chi connectivity index (χ1v) is 9.67. The fraction of sp³-hybridized carbons (Fsp3) is 0.250. The number of carbonyl (C=O) groups excluding carboxylic acids is 2. The molecular formula is C20H17N3O4S. The molecule has 0 unspecified atom stereocenters. The quantitative estimate of drug-likeness (QED) is 0.719. The standard InChI is InChI=1S/C20H17N3O4S/c1-2-26-20(25)23-7-5-14-15(10-21)19(28-17(14)11-23)22-18(24)13-3-4-16-12(9-13)6-8-27-16/h3-4,6,8-9H,2,5,7,11H2,1H3,(H,22,24). The number of hydrogen-bond donors (Lipinski definition) is 1. The number of nitrogens with zero attached hydrogens (tertiary/aromatic N) is 2. The molecule has 0 bridgehead atoms. The molecule has 1 N–H and O–H groups in total. The van der Waals surface area contributed by atoms with Gasteiger partial charge in [0, 0.05) is 22.4 Å². The average molecular weight is 395 g/mol. The summed E-state index contributed by atoms with van der Waals surface area (Å²) in [6.45, 7) is 2.95. The normalized spacial score (nSPS) is 13.1. The Balaban J connectivity index is 1.58. The molecule has 1 aromatic carbocycles. The maximum atomic E-state index is 12.7. The molecule has 0 aliphatic carbocycles. The van der Waals surface area contributed by atoms with Crippen LogP contribution in [0.2, 0.25) is 0 Å². The van der Waals surface area contributed by atoms with Gasteiger partial charge in [-0.2, -0.15) is 5.26 Å². The fourth-order valence-electron chi connectivity index (χ4n) is 3.26. The summed E-state index contributed by atoms with van der Waals surface area (Å²) in [4.78, 5) is 27.2. The van der Waals surface area contributed by atoms with Gasteiger partial charge >= 0.3 is 6.09 Å². The number of thiophene rings is 1. The van der Waals surface area contributed by atoms with Gasteiger partial charge in [0.15, 0.2) is 0 Å². The van der Waals surface area contributed by atoms with Gasteiger partial charge < -0.3 is 19.4 Å². The first kappa shape index (κ1) is 18.1. The lowest BCUT2D eigenvalue weighted by molar-refractivity contribution is 0.102. The van der Waals surface area contributed by atoms with Crippen molar-refractivity contribution in [3.05, 3.63) is 52.1 Å². The molecule has 142 valence electrons. The van der Waals surface area contributed by atoms with Gasteiger partial charge in [0.25, 0.3) is 5.91 Å². The van der Waals surface area contributed by atoms with Crippen LogP contribution in [0, 0.1) is 11.3 Å². The molecule has 0 saturated heterocycles. The molecule has 0 spiro atoms. The summed E-state index contributed by atoms with van der Waals surface area (Å²) in [7, 11) is 0. The number of fused-ring (bicyclic) bond motifs is 2. The second-order valence-electron chi connectivity index (χ2n) is 6.32. The van der Waals surface area contributed by atoms with Crippen molar-refractivity contribution in [2.45, 2.75) is 19.9 Å². The van der Waals surface area contributed by atoms with E-state index in [0.717, 1.165) is 15.8 Å². The van der Waals surface area contributed by atoms with Gasteiger partial charge in [-0.1, -0.05) is 0 Å². The van der Waals surface area contributed by atoms with Crippen molar-refractivity contribution in [1.82, 2.24) is 4.90 Å². The van der Waals surface area contributed by atoms with Crippen molar-refractivity contribution in [2.24, 2.45) is 0 Å². The van der Waals surface area contributed by atoms with E-state index >= 15 is 0 Å². The van der Waals surface area contributed by atoms with Gasteiger partial charge in [0.1, 0.15) is 16.7 Å². The van der Waals surface area contributed by atoms with Crippen LogP contribution in [0.4, 0.5) is 9.80 Å². The number of nitriles is 1. The van der Waals surface area contributed by atoms with E-state index in [1.54, 1.807) is 42.4 Å². The molecule has 2 aromatic heterocycles. The number of ether oxygens (including phenoxy) is 1. The predicted octanol–water partition coefficient (Wildman–Crippen LogP) is 4.13. The monoisotopic (exact) mass is 395 g/mol. The van der Waals surface area contributed by atoms with E-state index in [1.165, 1.54) is 11.3 Å². The smallest absolute Gasteiger partial charge is 0.410 e. The fourth-order valence-corrected chi connectivity index (χ4v) is 4.47. The van der Waals surface area contributed by atoms with E-state index in [-0.39, 0.29) is 12.0 Å². The number of benzene rings is 1. The predicted molar refractivity (Wildman–Crippen MR) is 104 cm³/mol. The Kier molecular flexibility index (Phi) is 4.75. The zero-order chi connectivity index (χ0) is 19.7. The second-order valence-corrected chi connectivity index (χ2v) is 7.42. The molecule has 4 rings (SSSR count). The lowest BCUT2D eigenvalue weighted by Gasteiger charge is -2.25. The van der Waals surface area contributed by atoms with Gasteiger partial charge in [-0.15, -0.1) is 11.3 Å². The third kappa shape index (κ3) is 3.21. The topological polar surface area (TPSA) is 95.6 Å². The molecular weight excluding hydrogens is 378 g/mol. The van der Waals surface area contributed by atoms with Gasteiger partial charge in [-0.05, 0) is 43.2 Å². The molecule has 2 amide bonds. The molecule has 28 heavy (non-hydrogen) atoms. The summed E-state index contributed by atoms with van der Waals surface area (Å²) in [6.07, 6.45) is 1.77. The number of nitrogens with one attached hydrogen (secondary N) is 1. The largest absolute Gasteiger partial charge is 0.464 e. The molecule has 3 heterocycles. The number of amides is 2. The number of furan rings is 1. The Hall–Kier alpha value is -3.31. The second kappa shape index (κ2) is 7.37. The molecule has 1 aliphatic rings. The van der Waals surface area contributed by atoms with E-state index in [2.05, 4.69) is 11.4 Å². The molecule has 0 radical (unpaired) electrons. The minimum absolute atomic E-state index is 0.291. The Morgan fingerprint density at radius 3 is 3.04 bits per heavy atom. The third-order valence-electron chi connectivity index (χ3n) is 4.64. The van der Waals surface area contributed by atoms with E-state index in [1.807, 2.05) is 0 Å². The van der Waals surface area contributed by atoms with Crippen LogP contribution in [0.15, 0.2) is 34.9 Å². The van der Waals surface area contributed by atoms with Crippen molar-refractivity contribution < 1.29 is 18.7 Å². The molecule has 1 aliphatic heterocycles. The average Bonchev–Trinajstić information content (AvgIpc) is 3.30. The van der Waals surface area contributed by atoms with Crippen molar-refractivity contribution in [1.29, 1.82) is 5.26 Å². The third-order valence-corrected chi connectivity index (χ3v) is 5.77. The van der Waals surface area contributed by atoms with Crippen LogP contribution < -0.4 is 5.32 Å². The van der Waals surface area contributed by atoms with E-state index < -0.39 is 0 Å². The van der Waals surface area contributed by atoms with Crippen molar-refractivity contribution in [3.63, 3.8) is 0 Å². The molecule has 0 saturated carbocycles.